The number of aryl methyl sites for hydroxylation is 1. The number of benzene rings is 1. The van der Waals surface area contributed by atoms with Crippen molar-refractivity contribution in [2.75, 3.05) is 5.75 Å². The van der Waals surface area contributed by atoms with Crippen molar-refractivity contribution in [1.82, 2.24) is 25.0 Å². The van der Waals surface area contributed by atoms with E-state index in [1.807, 2.05) is 11.5 Å². The lowest BCUT2D eigenvalue weighted by Crippen LogP contribution is -2.19. The SMILES string of the molecule is Cc1nccn1Cc1nc(-c2cc(C=NN=C3NC(=O)CS3)ccc2F)no1. The number of nitrogens with one attached hydrogen (secondary N) is 1. The first-order valence-corrected chi connectivity index (χ1v) is 9.21. The molecular formula is C17H14FN7O2S. The van der Waals surface area contributed by atoms with Gasteiger partial charge < -0.3 is 14.4 Å². The van der Waals surface area contributed by atoms with E-state index in [9.17, 15) is 9.18 Å². The topological polar surface area (TPSA) is 111 Å². The van der Waals surface area contributed by atoms with Crippen molar-refractivity contribution in [1.29, 1.82) is 0 Å². The molecular weight excluding hydrogens is 385 g/mol. The van der Waals surface area contributed by atoms with Crippen LogP contribution in [0.25, 0.3) is 11.4 Å². The molecule has 3 heterocycles. The van der Waals surface area contributed by atoms with Crippen LogP contribution in [0.3, 0.4) is 0 Å². The van der Waals surface area contributed by atoms with E-state index in [0.717, 1.165) is 5.82 Å². The summed E-state index contributed by atoms with van der Waals surface area (Å²) in [5.41, 5.74) is 0.796. The molecule has 0 atom stereocenters. The van der Waals surface area contributed by atoms with Crippen LogP contribution in [0.4, 0.5) is 4.39 Å². The highest BCUT2D eigenvalue weighted by atomic mass is 32.2. The van der Waals surface area contributed by atoms with Crippen molar-refractivity contribution >= 4 is 29.1 Å². The molecule has 0 unspecified atom stereocenters. The highest BCUT2D eigenvalue weighted by Gasteiger charge is 2.16. The lowest BCUT2D eigenvalue weighted by atomic mass is 10.1. The molecule has 28 heavy (non-hydrogen) atoms. The van der Waals surface area contributed by atoms with Crippen LogP contribution in [-0.4, -0.2) is 42.7 Å². The summed E-state index contributed by atoms with van der Waals surface area (Å²) in [5.74, 6) is 1.03. The van der Waals surface area contributed by atoms with Crippen LogP contribution in [0, 0.1) is 12.7 Å². The number of halogens is 1. The molecule has 142 valence electrons. The number of aromatic nitrogens is 4. The fraction of sp³-hybridized carbons (Fsp3) is 0.176. The van der Waals surface area contributed by atoms with Crippen molar-refractivity contribution in [2.45, 2.75) is 13.5 Å². The summed E-state index contributed by atoms with van der Waals surface area (Å²) < 4.78 is 21.3. The number of rotatable bonds is 5. The fourth-order valence-corrected chi connectivity index (χ4v) is 3.10. The van der Waals surface area contributed by atoms with E-state index in [4.69, 9.17) is 4.52 Å². The number of imidazole rings is 1. The highest BCUT2D eigenvalue weighted by molar-refractivity contribution is 8.15. The minimum atomic E-state index is -0.478. The number of hydrogen-bond donors (Lipinski definition) is 1. The molecule has 0 spiro atoms. The lowest BCUT2D eigenvalue weighted by molar-refractivity contribution is -0.116. The second-order valence-corrected chi connectivity index (χ2v) is 6.80. The molecule has 1 saturated heterocycles. The molecule has 11 heteroatoms. The quantitative estimate of drug-likeness (QED) is 0.519. The molecule has 3 aromatic rings. The molecule has 1 amide bonds. The number of carbonyl (C=O) groups excluding carboxylic acids is 1. The molecule has 1 aromatic carbocycles. The predicted molar refractivity (Wildman–Crippen MR) is 101 cm³/mol. The van der Waals surface area contributed by atoms with E-state index >= 15 is 0 Å². The standard InChI is InChI=1S/C17H14FN7O2S/c1-10-19-4-5-25(10)8-15-22-16(24-27-15)12-6-11(2-3-13(12)18)7-20-23-17-21-14(26)9-28-17/h2-7H,8-9H2,1H3,(H,21,23,26). The Morgan fingerprint density at radius 2 is 2.36 bits per heavy atom. The van der Waals surface area contributed by atoms with Crippen molar-refractivity contribution in [2.24, 2.45) is 10.2 Å². The smallest absolute Gasteiger partial charge is 0.246 e. The van der Waals surface area contributed by atoms with Gasteiger partial charge >= 0.3 is 0 Å². The van der Waals surface area contributed by atoms with Crippen LogP contribution in [0.15, 0.2) is 45.3 Å². The van der Waals surface area contributed by atoms with Crippen molar-refractivity contribution in [3.63, 3.8) is 0 Å². The first kappa shape index (κ1) is 18.0. The third kappa shape index (κ3) is 3.98. The Balaban J connectivity index is 1.53. The number of amides is 1. The van der Waals surface area contributed by atoms with Crippen LogP contribution < -0.4 is 5.32 Å². The van der Waals surface area contributed by atoms with Gasteiger partial charge in [0.2, 0.25) is 17.6 Å². The van der Waals surface area contributed by atoms with Crippen molar-refractivity contribution < 1.29 is 13.7 Å². The summed E-state index contributed by atoms with van der Waals surface area (Å²) in [6.07, 6.45) is 4.92. The third-order valence-corrected chi connectivity index (χ3v) is 4.73. The maximum atomic E-state index is 14.3. The molecule has 9 nitrogen and oxygen atoms in total. The molecule has 0 bridgehead atoms. The minimum Gasteiger partial charge on any atom is -0.337 e. The summed E-state index contributed by atoms with van der Waals surface area (Å²) in [4.78, 5) is 19.5. The van der Waals surface area contributed by atoms with Gasteiger partial charge in [-0.2, -0.15) is 10.1 Å². The van der Waals surface area contributed by atoms with Crippen LogP contribution in [0.1, 0.15) is 17.3 Å². The number of thioether (sulfide) groups is 1. The van der Waals surface area contributed by atoms with Gasteiger partial charge in [-0.25, -0.2) is 9.37 Å². The highest BCUT2D eigenvalue weighted by Crippen LogP contribution is 2.21. The molecule has 1 fully saturated rings. The molecule has 0 saturated carbocycles. The Labute approximate surface area is 162 Å². The van der Waals surface area contributed by atoms with Gasteiger partial charge in [-0.3, -0.25) is 4.79 Å². The van der Waals surface area contributed by atoms with Crippen molar-refractivity contribution in [3.8, 4) is 11.4 Å². The number of nitrogens with zero attached hydrogens (tertiary/aromatic N) is 6. The predicted octanol–water partition coefficient (Wildman–Crippen LogP) is 1.98. The summed E-state index contributed by atoms with van der Waals surface area (Å²) in [6.45, 7) is 2.21. The molecule has 1 aliphatic heterocycles. The third-order valence-electron chi connectivity index (χ3n) is 3.87. The Kier molecular flexibility index (Phi) is 4.98. The van der Waals surface area contributed by atoms with Crippen LogP contribution in [0.2, 0.25) is 0 Å². The zero-order valence-electron chi connectivity index (χ0n) is 14.7. The molecule has 1 aliphatic rings. The van der Waals surface area contributed by atoms with Gasteiger partial charge in [0, 0.05) is 12.4 Å². The number of amidine groups is 1. The van der Waals surface area contributed by atoms with E-state index in [1.165, 1.54) is 24.0 Å². The van der Waals surface area contributed by atoms with Gasteiger partial charge in [0.25, 0.3) is 0 Å². The zero-order valence-corrected chi connectivity index (χ0v) is 15.5. The Morgan fingerprint density at radius 1 is 1.46 bits per heavy atom. The maximum absolute atomic E-state index is 14.3. The van der Waals surface area contributed by atoms with Gasteiger partial charge in [-0.1, -0.05) is 23.0 Å². The normalized spacial score (nSPS) is 15.6. The van der Waals surface area contributed by atoms with Gasteiger partial charge in [0.15, 0.2) is 5.17 Å². The average Bonchev–Trinajstić information content (AvgIpc) is 3.40. The van der Waals surface area contributed by atoms with Gasteiger partial charge in [0.1, 0.15) is 18.2 Å². The second-order valence-electron chi connectivity index (χ2n) is 5.84. The van der Waals surface area contributed by atoms with E-state index in [0.29, 0.717) is 28.9 Å². The Bertz CT molecular complexity index is 1090. The second kappa shape index (κ2) is 7.72. The maximum Gasteiger partial charge on any atom is 0.246 e. The molecule has 0 aliphatic carbocycles. The summed E-state index contributed by atoms with van der Waals surface area (Å²) >= 11 is 1.27. The van der Waals surface area contributed by atoms with Gasteiger partial charge in [-0.05, 0) is 24.6 Å². The molecule has 4 rings (SSSR count). The van der Waals surface area contributed by atoms with E-state index < -0.39 is 5.82 Å². The van der Waals surface area contributed by atoms with Crippen LogP contribution >= 0.6 is 11.8 Å². The van der Waals surface area contributed by atoms with Crippen LogP contribution in [0.5, 0.6) is 0 Å². The van der Waals surface area contributed by atoms with Gasteiger partial charge in [-0.15, -0.1) is 5.10 Å². The fourth-order valence-electron chi connectivity index (χ4n) is 2.47. The Hall–Kier alpha value is -3.34. The summed E-state index contributed by atoms with van der Waals surface area (Å²) in [6, 6.07) is 4.40. The molecule has 1 N–H and O–H groups in total. The summed E-state index contributed by atoms with van der Waals surface area (Å²) in [7, 11) is 0. The number of carbonyl (C=O) groups is 1. The van der Waals surface area contributed by atoms with Crippen molar-refractivity contribution in [3.05, 3.63) is 53.7 Å². The van der Waals surface area contributed by atoms with E-state index in [-0.39, 0.29) is 17.3 Å². The van der Waals surface area contributed by atoms with Gasteiger partial charge in [0.05, 0.1) is 17.5 Å². The van der Waals surface area contributed by atoms with Crippen LogP contribution in [-0.2, 0) is 11.3 Å². The summed E-state index contributed by atoms with van der Waals surface area (Å²) in [5, 5.41) is 14.7. The lowest BCUT2D eigenvalue weighted by Gasteiger charge is -2.00. The minimum absolute atomic E-state index is 0.109. The molecule has 0 radical (unpaired) electrons. The number of hydrogen-bond acceptors (Lipinski definition) is 8. The van der Waals surface area contributed by atoms with E-state index in [2.05, 4.69) is 30.6 Å². The first-order chi connectivity index (χ1) is 13.6. The average molecular weight is 399 g/mol. The van der Waals surface area contributed by atoms with E-state index in [1.54, 1.807) is 24.5 Å². The first-order valence-electron chi connectivity index (χ1n) is 8.22. The molecule has 2 aromatic heterocycles. The largest absolute Gasteiger partial charge is 0.337 e. The zero-order chi connectivity index (χ0) is 19.5. The Morgan fingerprint density at radius 3 is 3.11 bits per heavy atom. The monoisotopic (exact) mass is 399 g/mol.